The van der Waals surface area contributed by atoms with Gasteiger partial charge in [-0.2, -0.15) is 0 Å². The van der Waals surface area contributed by atoms with Crippen LogP contribution >= 0.6 is 0 Å². The summed E-state index contributed by atoms with van der Waals surface area (Å²) in [5.74, 6) is 0. The first kappa shape index (κ1) is 46.4. The van der Waals surface area contributed by atoms with E-state index in [9.17, 15) is 0 Å². The third-order valence-corrected chi connectivity index (χ3v) is 15.3. The van der Waals surface area contributed by atoms with Crippen molar-refractivity contribution < 1.29 is 0 Å². The van der Waals surface area contributed by atoms with Gasteiger partial charge in [0.25, 0.3) is 0 Å². The lowest BCUT2D eigenvalue weighted by atomic mass is 9.83. The molecule has 358 valence electrons. The van der Waals surface area contributed by atoms with Gasteiger partial charge < -0.3 is 9.80 Å². The van der Waals surface area contributed by atoms with Gasteiger partial charge in [-0.25, -0.2) is 0 Å². The second kappa shape index (κ2) is 18.7. The number of anilines is 6. The maximum absolute atomic E-state index is 2.58. The van der Waals surface area contributed by atoms with Crippen LogP contribution in [0.15, 0.2) is 237 Å². The zero-order chi connectivity index (χ0) is 50.7. The Kier molecular flexibility index (Phi) is 11.7. The van der Waals surface area contributed by atoms with Crippen LogP contribution in [-0.2, 0) is 5.41 Å². The largest absolute Gasteiger partial charge is 0.309 e. The number of aryl methyl sites for hydroxylation is 2. The summed E-state index contributed by atoms with van der Waals surface area (Å²) in [6, 6.07) is 88.2. The van der Waals surface area contributed by atoms with Crippen LogP contribution in [-0.4, -0.2) is 0 Å². The monoisotopic (exact) mass is 952 g/mol. The summed E-state index contributed by atoms with van der Waals surface area (Å²) >= 11 is 0. The highest BCUT2D eigenvalue weighted by Crippen LogP contribution is 2.55. The van der Waals surface area contributed by atoms with E-state index in [1.165, 1.54) is 93.5 Å². The first-order valence-corrected chi connectivity index (χ1v) is 26.0. The van der Waals surface area contributed by atoms with Crippen molar-refractivity contribution in [3.8, 4) is 44.5 Å². The van der Waals surface area contributed by atoms with E-state index in [2.05, 4.69) is 295 Å². The zero-order valence-electron chi connectivity index (χ0n) is 43.4. The topological polar surface area (TPSA) is 6.48 Å². The molecule has 0 aliphatic carbocycles. The fraction of sp³-hybridized carbons (Fsp3) is 0.111. The van der Waals surface area contributed by atoms with Crippen LogP contribution in [0.4, 0.5) is 34.1 Å². The van der Waals surface area contributed by atoms with Crippen molar-refractivity contribution in [2.45, 2.75) is 53.9 Å². The molecule has 0 saturated carbocycles. The maximum Gasteiger partial charge on any atom is 0.0575 e. The molecule has 0 aliphatic rings. The van der Waals surface area contributed by atoms with Crippen LogP contribution in [0.25, 0.3) is 76.8 Å². The molecule has 0 heterocycles. The normalized spacial score (nSPS) is 11.7. The molecule has 12 aromatic carbocycles. The molecule has 12 rings (SSSR count). The van der Waals surface area contributed by atoms with Crippen molar-refractivity contribution in [1.29, 1.82) is 0 Å². The van der Waals surface area contributed by atoms with E-state index in [0.29, 0.717) is 0 Å². The van der Waals surface area contributed by atoms with Gasteiger partial charge in [-0.3, -0.25) is 0 Å². The van der Waals surface area contributed by atoms with Crippen LogP contribution in [0.2, 0.25) is 0 Å². The Labute approximate surface area is 436 Å². The number of nitrogens with zero attached hydrogens (tertiary/aromatic N) is 2. The molecule has 0 saturated heterocycles. The molecule has 2 nitrogen and oxygen atoms in total. The van der Waals surface area contributed by atoms with Crippen LogP contribution in [0.5, 0.6) is 0 Å². The average Bonchev–Trinajstić information content (AvgIpc) is 3.43. The number of hydrogen-bond donors (Lipinski definition) is 0. The molecule has 0 radical (unpaired) electrons. The van der Waals surface area contributed by atoms with Crippen molar-refractivity contribution in [2.75, 3.05) is 9.80 Å². The van der Waals surface area contributed by atoms with Crippen molar-refractivity contribution >= 4 is 66.4 Å². The van der Waals surface area contributed by atoms with Crippen LogP contribution in [0.1, 0.15) is 48.6 Å². The summed E-state index contributed by atoms with van der Waals surface area (Å²) in [7, 11) is 0. The van der Waals surface area contributed by atoms with Crippen molar-refractivity contribution in [2.24, 2.45) is 0 Å². The molecular weight excluding hydrogens is 893 g/mol. The highest BCUT2D eigenvalue weighted by molar-refractivity contribution is 6.29. The van der Waals surface area contributed by atoms with E-state index in [1.54, 1.807) is 0 Å². The Bertz CT molecular complexity index is 3730. The molecule has 0 atom stereocenters. The van der Waals surface area contributed by atoms with Gasteiger partial charge in [0.1, 0.15) is 0 Å². The molecule has 0 bridgehead atoms. The first-order chi connectivity index (χ1) is 36.0. The standard InChI is InChI=1S/C72H60N2/c1-47-28-34-58(35-29-47)73(70-49(3)60(51-20-12-8-13-21-51)40-42-62(70)53-24-16-10-17-25-53)66-46-67(65-39-33-56-45-57(72(5,6)7)44-55-32-38-64(66)69(65)68(55)56)74(59-36-30-48(2)31-37-59)71-50(4)61(52-22-14-9-15-23-52)41-43-63(71)54-26-18-11-19-27-54/h8-46H,1-7H3. The van der Waals surface area contributed by atoms with Gasteiger partial charge in [-0.05, 0) is 130 Å². The Morgan fingerprint density at radius 1 is 0.311 bits per heavy atom. The first-order valence-electron chi connectivity index (χ1n) is 26.0. The average molecular weight is 953 g/mol. The van der Waals surface area contributed by atoms with Gasteiger partial charge in [-0.1, -0.05) is 238 Å². The summed E-state index contributed by atoms with van der Waals surface area (Å²) in [5.41, 5.74) is 22.2. The van der Waals surface area contributed by atoms with Crippen LogP contribution in [0, 0.1) is 27.7 Å². The number of benzene rings is 12. The molecule has 2 heteroatoms. The molecule has 12 aromatic rings. The minimum atomic E-state index is -0.0322. The molecule has 0 fully saturated rings. The van der Waals surface area contributed by atoms with Gasteiger partial charge in [-0.15, -0.1) is 0 Å². The predicted molar refractivity (Wildman–Crippen MR) is 319 cm³/mol. The Morgan fingerprint density at radius 3 is 1.00 bits per heavy atom. The Hall–Kier alpha value is -8.72. The molecule has 0 spiro atoms. The van der Waals surface area contributed by atoms with Gasteiger partial charge in [0.2, 0.25) is 0 Å². The lowest BCUT2D eigenvalue weighted by molar-refractivity contribution is 0.591. The van der Waals surface area contributed by atoms with E-state index < -0.39 is 0 Å². The second-order valence-corrected chi connectivity index (χ2v) is 21.1. The summed E-state index contributed by atoms with van der Waals surface area (Å²) in [4.78, 5) is 5.16. The third-order valence-electron chi connectivity index (χ3n) is 15.3. The van der Waals surface area contributed by atoms with E-state index in [-0.39, 0.29) is 5.41 Å². The third kappa shape index (κ3) is 8.17. The highest BCUT2D eigenvalue weighted by atomic mass is 15.2. The van der Waals surface area contributed by atoms with E-state index in [1.807, 2.05) is 0 Å². The summed E-state index contributed by atoms with van der Waals surface area (Å²) in [6.07, 6.45) is 0. The Balaban J connectivity index is 1.28. The van der Waals surface area contributed by atoms with E-state index in [0.717, 1.165) is 45.3 Å². The summed E-state index contributed by atoms with van der Waals surface area (Å²) in [6.45, 7) is 16.0. The smallest absolute Gasteiger partial charge is 0.0575 e. The van der Waals surface area contributed by atoms with Crippen molar-refractivity contribution in [3.63, 3.8) is 0 Å². The molecule has 0 aliphatic heterocycles. The number of rotatable bonds is 10. The predicted octanol–water partition coefficient (Wildman–Crippen LogP) is 20.7. The molecule has 0 N–H and O–H groups in total. The van der Waals surface area contributed by atoms with Gasteiger partial charge >= 0.3 is 0 Å². The SMILES string of the molecule is Cc1ccc(N(c2c(-c3ccccc3)ccc(-c3ccccc3)c2C)c2cc(N(c3ccc(C)cc3)c3c(-c4ccccc4)ccc(-c4ccccc4)c3C)c3ccc4cc(C(C)(C)C)cc5ccc2c3c54)cc1. The summed E-state index contributed by atoms with van der Waals surface area (Å²) in [5, 5.41) is 7.40. The quantitative estimate of drug-likeness (QED) is 0.126. The maximum atomic E-state index is 2.58. The molecular formula is C72H60N2. The zero-order valence-corrected chi connectivity index (χ0v) is 43.4. The van der Waals surface area contributed by atoms with Crippen molar-refractivity contribution in [1.82, 2.24) is 0 Å². The van der Waals surface area contributed by atoms with Gasteiger partial charge in [0, 0.05) is 38.7 Å². The van der Waals surface area contributed by atoms with Gasteiger partial charge in [0.15, 0.2) is 0 Å². The molecule has 74 heavy (non-hydrogen) atoms. The fourth-order valence-corrected chi connectivity index (χ4v) is 11.4. The van der Waals surface area contributed by atoms with Crippen LogP contribution in [0.3, 0.4) is 0 Å². The molecule has 0 aromatic heterocycles. The fourth-order valence-electron chi connectivity index (χ4n) is 11.4. The van der Waals surface area contributed by atoms with Crippen molar-refractivity contribution in [3.05, 3.63) is 264 Å². The lowest BCUT2D eigenvalue weighted by Crippen LogP contribution is -2.17. The van der Waals surface area contributed by atoms with Gasteiger partial charge in [0.05, 0.1) is 22.7 Å². The summed E-state index contributed by atoms with van der Waals surface area (Å²) < 4.78 is 0. The minimum Gasteiger partial charge on any atom is -0.309 e. The van der Waals surface area contributed by atoms with Crippen LogP contribution < -0.4 is 9.80 Å². The molecule has 0 amide bonds. The molecule has 0 unspecified atom stereocenters. The highest BCUT2D eigenvalue weighted by Gasteiger charge is 2.30. The Morgan fingerprint density at radius 2 is 0.649 bits per heavy atom. The lowest BCUT2D eigenvalue weighted by Gasteiger charge is -2.36. The van der Waals surface area contributed by atoms with E-state index >= 15 is 0 Å². The van der Waals surface area contributed by atoms with E-state index in [4.69, 9.17) is 0 Å². The minimum absolute atomic E-state index is 0.0322. The number of hydrogen-bond acceptors (Lipinski definition) is 2. The second-order valence-electron chi connectivity index (χ2n) is 21.1.